The van der Waals surface area contributed by atoms with Crippen LogP contribution < -0.4 is 0 Å². The van der Waals surface area contributed by atoms with Gasteiger partial charge in [-0.15, -0.1) is 11.6 Å². The molecule has 0 radical (unpaired) electrons. The third-order valence-corrected chi connectivity index (χ3v) is 0.101. The summed E-state index contributed by atoms with van der Waals surface area (Å²) in [4.78, 5) is 17.9. The molecule has 7 heavy (non-hydrogen) atoms. The molecule has 0 aliphatic rings. The Kier molecular flexibility index (Phi) is 12.5. The zero-order valence-electron chi connectivity index (χ0n) is 3.72. The Labute approximate surface area is 45.9 Å². The van der Waals surface area contributed by atoms with Crippen molar-refractivity contribution in [3.63, 3.8) is 0 Å². The SMILES string of the molecule is CCl.O=CC(=O)O. The summed E-state index contributed by atoms with van der Waals surface area (Å²) in [6, 6.07) is 0. The number of aldehydes is 1. The van der Waals surface area contributed by atoms with Crippen molar-refractivity contribution in [1.82, 2.24) is 0 Å². The van der Waals surface area contributed by atoms with Crippen LogP contribution in [-0.2, 0) is 9.59 Å². The van der Waals surface area contributed by atoms with Crippen molar-refractivity contribution in [2.45, 2.75) is 0 Å². The van der Waals surface area contributed by atoms with Crippen molar-refractivity contribution in [2.24, 2.45) is 0 Å². The molecule has 0 saturated carbocycles. The molecule has 0 spiro atoms. The Hall–Kier alpha value is -0.570. The maximum Gasteiger partial charge on any atom is 0.368 e. The zero-order chi connectivity index (χ0) is 6.28. The van der Waals surface area contributed by atoms with Crippen molar-refractivity contribution in [2.75, 3.05) is 6.38 Å². The molecule has 0 aromatic carbocycles. The molecule has 1 N–H and O–H groups in total. The van der Waals surface area contributed by atoms with E-state index in [1.165, 1.54) is 6.38 Å². The number of hydrogen-bond donors (Lipinski definition) is 1. The van der Waals surface area contributed by atoms with E-state index in [0.29, 0.717) is 0 Å². The van der Waals surface area contributed by atoms with Crippen molar-refractivity contribution in [1.29, 1.82) is 0 Å². The summed E-state index contributed by atoms with van der Waals surface area (Å²) in [5.74, 6) is -1.43. The number of carbonyl (C=O) groups is 2. The van der Waals surface area contributed by atoms with E-state index in [9.17, 15) is 0 Å². The molecular weight excluding hydrogens is 119 g/mol. The molecule has 0 aliphatic heterocycles. The third kappa shape index (κ3) is 31.2. The standard InChI is InChI=1S/C2H2O3.CH3Cl/c3-1-2(4)5;1-2/h1H,(H,4,5);1H3. The molecule has 42 valence electrons. The van der Waals surface area contributed by atoms with E-state index in [0.717, 1.165) is 0 Å². The van der Waals surface area contributed by atoms with Crippen molar-refractivity contribution in [3.8, 4) is 0 Å². The molecular formula is C3H5ClO3. The number of hydrogen-bond acceptors (Lipinski definition) is 2. The summed E-state index contributed by atoms with van der Waals surface area (Å²) >= 11 is 4.64. The van der Waals surface area contributed by atoms with Gasteiger partial charge in [0.2, 0.25) is 6.29 Å². The minimum Gasteiger partial charge on any atom is -0.476 e. The Balaban J connectivity index is 0. The first kappa shape index (κ1) is 9.66. The molecule has 0 atom stereocenters. The topological polar surface area (TPSA) is 54.4 Å². The van der Waals surface area contributed by atoms with E-state index in [4.69, 9.17) is 14.7 Å². The lowest BCUT2D eigenvalue weighted by molar-refractivity contribution is -0.143. The van der Waals surface area contributed by atoms with Crippen LogP contribution in [0.4, 0.5) is 0 Å². The van der Waals surface area contributed by atoms with Gasteiger partial charge in [-0.3, -0.25) is 4.79 Å². The predicted molar refractivity (Wildman–Crippen MR) is 25.5 cm³/mol. The highest BCUT2D eigenvalue weighted by Crippen LogP contribution is 1.39. The van der Waals surface area contributed by atoms with Gasteiger partial charge in [0.1, 0.15) is 0 Å². The van der Waals surface area contributed by atoms with Gasteiger partial charge in [0, 0.05) is 6.38 Å². The molecule has 0 aromatic heterocycles. The normalized spacial score (nSPS) is 5.43. The first-order valence-electron chi connectivity index (χ1n) is 1.33. The van der Waals surface area contributed by atoms with Crippen LogP contribution in [0.25, 0.3) is 0 Å². The fourth-order valence-electron chi connectivity index (χ4n) is 0. The number of carboxylic acids is 1. The Morgan fingerprint density at radius 3 is 1.86 bits per heavy atom. The summed E-state index contributed by atoms with van der Waals surface area (Å²) < 4.78 is 0. The molecule has 0 amide bonds. The number of carboxylic acid groups (broad SMARTS) is 1. The smallest absolute Gasteiger partial charge is 0.368 e. The molecule has 0 saturated heterocycles. The molecule has 0 fully saturated rings. The lowest BCUT2D eigenvalue weighted by Crippen LogP contribution is -1.91. The van der Waals surface area contributed by atoms with Crippen molar-refractivity contribution in [3.05, 3.63) is 0 Å². The molecule has 0 aromatic rings. The summed E-state index contributed by atoms with van der Waals surface area (Å²) in [6.45, 7) is 0. The van der Waals surface area contributed by atoms with Gasteiger partial charge >= 0.3 is 5.97 Å². The molecule has 0 bridgehead atoms. The number of carbonyl (C=O) groups excluding carboxylic acids is 1. The maximum absolute atomic E-state index is 9.00. The van der Waals surface area contributed by atoms with Crippen LogP contribution >= 0.6 is 11.6 Å². The number of rotatable bonds is 1. The van der Waals surface area contributed by atoms with E-state index in [1.54, 1.807) is 0 Å². The minimum atomic E-state index is -1.43. The van der Waals surface area contributed by atoms with Gasteiger partial charge in [-0.2, -0.15) is 0 Å². The molecule has 3 nitrogen and oxygen atoms in total. The van der Waals surface area contributed by atoms with Crippen LogP contribution in [0.5, 0.6) is 0 Å². The van der Waals surface area contributed by atoms with Crippen LogP contribution in [-0.4, -0.2) is 23.7 Å². The lowest BCUT2D eigenvalue weighted by Gasteiger charge is -1.59. The average Bonchev–Trinajstić information content (AvgIpc) is 1.73. The number of halogens is 1. The van der Waals surface area contributed by atoms with Crippen LogP contribution in [0.3, 0.4) is 0 Å². The minimum absolute atomic E-state index is 0.167. The quantitative estimate of drug-likeness (QED) is 0.307. The van der Waals surface area contributed by atoms with Crippen molar-refractivity contribution < 1.29 is 14.7 Å². The molecule has 0 aliphatic carbocycles. The van der Waals surface area contributed by atoms with Crippen LogP contribution in [0, 0.1) is 0 Å². The van der Waals surface area contributed by atoms with Gasteiger partial charge in [0.15, 0.2) is 0 Å². The first-order chi connectivity index (χ1) is 3.27. The Morgan fingerprint density at radius 1 is 1.71 bits per heavy atom. The van der Waals surface area contributed by atoms with Crippen LogP contribution in [0.2, 0.25) is 0 Å². The second-order valence-corrected chi connectivity index (χ2v) is 0.456. The second-order valence-electron chi connectivity index (χ2n) is 0.456. The largest absolute Gasteiger partial charge is 0.476 e. The summed E-state index contributed by atoms with van der Waals surface area (Å²) in [6.07, 6.45) is 1.31. The molecule has 0 unspecified atom stereocenters. The van der Waals surface area contributed by atoms with Gasteiger partial charge in [0.05, 0.1) is 0 Å². The van der Waals surface area contributed by atoms with Crippen LogP contribution in [0.15, 0.2) is 0 Å². The van der Waals surface area contributed by atoms with Crippen LogP contribution in [0.1, 0.15) is 0 Å². The van der Waals surface area contributed by atoms with Gasteiger partial charge < -0.3 is 5.11 Å². The zero-order valence-corrected chi connectivity index (χ0v) is 4.47. The number of aliphatic carboxylic acids is 1. The lowest BCUT2D eigenvalue weighted by atomic mass is 10.8. The predicted octanol–water partition coefficient (Wildman–Crippen LogP) is 0.125. The number of alkyl halides is 1. The summed E-state index contributed by atoms with van der Waals surface area (Å²) in [5.41, 5.74) is 0. The highest BCUT2D eigenvalue weighted by Gasteiger charge is 1.80. The molecule has 4 heteroatoms. The summed E-state index contributed by atoms with van der Waals surface area (Å²) in [5, 5.41) is 7.35. The van der Waals surface area contributed by atoms with Crippen molar-refractivity contribution >= 4 is 23.9 Å². The Morgan fingerprint density at radius 2 is 1.86 bits per heavy atom. The highest BCUT2D eigenvalue weighted by atomic mass is 35.5. The maximum atomic E-state index is 9.00. The first-order valence-corrected chi connectivity index (χ1v) is 2.09. The van der Waals surface area contributed by atoms with Gasteiger partial charge in [-0.1, -0.05) is 0 Å². The highest BCUT2D eigenvalue weighted by molar-refractivity contribution is 6.19. The monoisotopic (exact) mass is 124 g/mol. The van der Waals surface area contributed by atoms with Gasteiger partial charge in [0.25, 0.3) is 0 Å². The average molecular weight is 125 g/mol. The fourth-order valence-corrected chi connectivity index (χ4v) is 0. The van der Waals surface area contributed by atoms with E-state index in [1.807, 2.05) is 0 Å². The Bertz CT molecular complexity index is 61.2. The van der Waals surface area contributed by atoms with Gasteiger partial charge in [-0.25, -0.2) is 4.79 Å². The second kappa shape index (κ2) is 9.06. The molecule has 0 rings (SSSR count). The van der Waals surface area contributed by atoms with E-state index < -0.39 is 5.97 Å². The van der Waals surface area contributed by atoms with Gasteiger partial charge in [-0.05, 0) is 0 Å². The van der Waals surface area contributed by atoms with E-state index in [2.05, 4.69) is 11.6 Å². The van der Waals surface area contributed by atoms with E-state index >= 15 is 0 Å². The molecule has 0 heterocycles. The van der Waals surface area contributed by atoms with E-state index in [-0.39, 0.29) is 6.29 Å². The third-order valence-electron chi connectivity index (χ3n) is 0.101. The fraction of sp³-hybridized carbons (Fsp3) is 0.333. The summed E-state index contributed by atoms with van der Waals surface area (Å²) in [7, 11) is 0.